The zero-order chi connectivity index (χ0) is 10.3. The van der Waals surface area contributed by atoms with E-state index in [4.69, 9.17) is 0 Å². The molecule has 0 aromatic carbocycles. The van der Waals surface area contributed by atoms with E-state index in [0.29, 0.717) is 0 Å². The number of nitrogens with one attached hydrogen (secondary N) is 1. The molecule has 0 radical (unpaired) electrons. The van der Waals surface area contributed by atoms with Crippen molar-refractivity contribution in [3.63, 3.8) is 0 Å². The Hall–Kier alpha value is -0.520. The van der Waals surface area contributed by atoms with Crippen LogP contribution in [0.3, 0.4) is 0 Å². The van der Waals surface area contributed by atoms with Crippen LogP contribution in [0.15, 0.2) is 6.20 Å². The first-order valence-electron chi connectivity index (χ1n) is 5.64. The Morgan fingerprint density at radius 2 is 2.20 bits per heavy atom. The number of hydrogen-bond donors (Lipinski definition) is 1. The van der Waals surface area contributed by atoms with Crippen LogP contribution >= 0.6 is 11.7 Å². The minimum atomic E-state index is 0.852. The Morgan fingerprint density at radius 3 is 2.93 bits per heavy atom. The molecule has 0 atom stereocenters. The third-order valence-corrected chi connectivity index (χ3v) is 3.28. The molecular weight excluding hydrogens is 208 g/mol. The van der Waals surface area contributed by atoms with Crippen LogP contribution in [0.5, 0.6) is 0 Å². The van der Waals surface area contributed by atoms with E-state index in [9.17, 15) is 0 Å². The molecule has 0 bridgehead atoms. The Morgan fingerprint density at radius 1 is 1.33 bits per heavy atom. The van der Waals surface area contributed by atoms with E-state index in [2.05, 4.69) is 19.0 Å². The van der Waals surface area contributed by atoms with E-state index in [0.717, 1.165) is 25.3 Å². The average Bonchev–Trinajstić information content (AvgIpc) is 2.79. The Kier molecular flexibility index (Phi) is 4.50. The van der Waals surface area contributed by atoms with Gasteiger partial charge >= 0.3 is 0 Å². The van der Waals surface area contributed by atoms with E-state index in [1.165, 1.54) is 44.1 Å². The lowest BCUT2D eigenvalue weighted by Gasteiger charge is -2.26. The summed E-state index contributed by atoms with van der Waals surface area (Å²) in [5, 5.41) is 3.40. The monoisotopic (exact) mass is 226 g/mol. The van der Waals surface area contributed by atoms with Crippen molar-refractivity contribution in [2.75, 3.05) is 26.2 Å². The first-order chi connectivity index (χ1) is 7.45. The summed E-state index contributed by atoms with van der Waals surface area (Å²) in [4.78, 5) is 2.54. The maximum Gasteiger partial charge on any atom is 0.0880 e. The molecular formula is C10H18N4S. The second kappa shape index (κ2) is 6.15. The molecule has 0 saturated carbocycles. The molecule has 0 unspecified atom stereocenters. The molecule has 4 nitrogen and oxygen atoms in total. The van der Waals surface area contributed by atoms with Gasteiger partial charge < -0.3 is 10.2 Å². The lowest BCUT2D eigenvalue weighted by molar-refractivity contribution is 0.229. The fourth-order valence-electron chi connectivity index (χ4n) is 1.90. The van der Waals surface area contributed by atoms with Gasteiger partial charge in [0.15, 0.2) is 0 Å². The van der Waals surface area contributed by atoms with Crippen molar-refractivity contribution in [2.24, 2.45) is 0 Å². The van der Waals surface area contributed by atoms with Crippen LogP contribution in [-0.4, -0.2) is 39.8 Å². The fraction of sp³-hybridized carbons (Fsp3) is 0.800. The highest BCUT2D eigenvalue weighted by atomic mass is 32.1. The standard InChI is InChI=1S/C10H18N4S/c1-2-5-14(6-3-1)7-4-11-8-10-9-12-15-13-10/h9,11H,1-8H2. The van der Waals surface area contributed by atoms with Gasteiger partial charge in [-0.15, -0.1) is 0 Å². The summed E-state index contributed by atoms with van der Waals surface area (Å²) in [5.41, 5.74) is 1.05. The summed E-state index contributed by atoms with van der Waals surface area (Å²) in [5.74, 6) is 0. The topological polar surface area (TPSA) is 41.1 Å². The van der Waals surface area contributed by atoms with Crippen molar-refractivity contribution >= 4 is 11.7 Å². The number of aromatic nitrogens is 2. The largest absolute Gasteiger partial charge is 0.310 e. The SMILES string of the molecule is c1nsnc1CNCCN1CCCCC1. The summed E-state index contributed by atoms with van der Waals surface area (Å²) in [7, 11) is 0. The van der Waals surface area contributed by atoms with Crippen LogP contribution in [0.25, 0.3) is 0 Å². The second-order valence-electron chi connectivity index (χ2n) is 3.98. The Balaban J connectivity index is 1.54. The summed E-state index contributed by atoms with van der Waals surface area (Å²) < 4.78 is 8.13. The lowest BCUT2D eigenvalue weighted by atomic mass is 10.1. The third-order valence-electron chi connectivity index (χ3n) is 2.77. The summed E-state index contributed by atoms with van der Waals surface area (Å²) in [6, 6.07) is 0. The first kappa shape index (κ1) is 11.0. The highest BCUT2D eigenvalue weighted by Gasteiger charge is 2.08. The van der Waals surface area contributed by atoms with E-state index < -0.39 is 0 Å². The highest BCUT2D eigenvalue weighted by Crippen LogP contribution is 2.07. The predicted molar refractivity (Wildman–Crippen MR) is 61.9 cm³/mol. The van der Waals surface area contributed by atoms with Crippen LogP contribution in [0.2, 0.25) is 0 Å². The van der Waals surface area contributed by atoms with Crippen LogP contribution in [0.1, 0.15) is 25.0 Å². The smallest absolute Gasteiger partial charge is 0.0880 e. The zero-order valence-electron chi connectivity index (χ0n) is 8.98. The minimum Gasteiger partial charge on any atom is -0.310 e. The molecule has 1 fully saturated rings. The Bertz CT molecular complexity index is 256. The second-order valence-corrected chi connectivity index (χ2v) is 4.53. The van der Waals surface area contributed by atoms with Gasteiger partial charge in [0.2, 0.25) is 0 Å². The van der Waals surface area contributed by atoms with Crippen molar-refractivity contribution in [1.82, 2.24) is 19.0 Å². The van der Waals surface area contributed by atoms with Crippen molar-refractivity contribution in [2.45, 2.75) is 25.8 Å². The van der Waals surface area contributed by atoms with Gasteiger partial charge in [-0.05, 0) is 25.9 Å². The van der Waals surface area contributed by atoms with Crippen molar-refractivity contribution in [3.05, 3.63) is 11.9 Å². The molecule has 1 aromatic rings. The quantitative estimate of drug-likeness (QED) is 0.764. The molecule has 0 spiro atoms. The molecule has 1 N–H and O–H groups in total. The number of rotatable bonds is 5. The third kappa shape index (κ3) is 3.85. The number of nitrogens with zero attached hydrogens (tertiary/aromatic N) is 3. The van der Waals surface area contributed by atoms with Crippen molar-refractivity contribution in [1.29, 1.82) is 0 Å². The highest BCUT2D eigenvalue weighted by molar-refractivity contribution is 6.99. The fourth-order valence-corrected chi connectivity index (χ4v) is 2.33. The van der Waals surface area contributed by atoms with Gasteiger partial charge in [-0.1, -0.05) is 6.42 Å². The van der Waals surface area contributed by atoms with Gasteiger partial charge in [0.25, 0.3) is 0 Å². The van der Waals surface area contributed by atoms with Crippen LogP contribution in [0.4, 0.5) is 0 Å². The number of piperidine rings is 1. The molecule has 1 aliphatic heterocycles. The van der Waals surface area contributed by atoms with Gasteiger partial charge in [-0.3, -0.25) is 0 Å². The van der Waals surface area contributed by atoms with Gasteiger partial charge in [-0.2, -0.15) is 8.75 Å². The normalized spacial score (nSPS) is 18.1. The lowest BCUT2D eigenvalue weighted by Crippen LogP contribution is -2.35. The maximum atomic E-state index is 4.16. The van der Waals surface area contributed by atoms with Crippen molar-refractivity contribution < 1.29 is 0 Å². The van der Waals surface area contributed by atoms with Crippen molar-refractivity contribution in [3.8, 4) is 0 Å². The van der Waals surface area contributed by atoms with Gasteiger partial charge in [-0.25, -0.2) is 0 Å². The molecule has 2 heterocycles. The molecule has 1 aromatic heterocycles. The van der Waals surface area contributed by atoms with E-state index in [-0.39, 0.29) is 0 Å². The van der Waals surface area contributed by atoms with Crippen LogP contribution in [-0.2, 0) is 6.54 Å². The molecule has 84 valence electrons. The van der Waals surface area contributed by atoms with Gasteiger partial charge in [0.1, 0.15) is 0 Å². The molecule has 5 heteroatoms. The minimum absolute atomic E-state index is 0.852. The van der Waals surface area contributed by atoms with Crippen LogP contribution < -0.4 is 5.32 Å². The average molecular weight is 226 g/mol. The molecule has 1 saturated heterocycles. The Labute approximate surface area is 95.0 Å². The molecule has 0 aliphatic carbocycles. The summed E-state index contributed by atoms with van der Waals surface area (Å²) in [6.45, 7) is 5.62. The van der Waals surface area contributed by atoms with Crippen LogP contribution in [0, 0.1) is 0 Å². The molecule has 15 heavy (non-hydrogen) atoms. The molecule has 2 rings (SSSR count). The molecule has 0 amide bonds. The number of likely N-dealkylation sites (tertiary alicyclic amines) is 1. The first-order valence-corrected chi connectivity index (χ1v) is 6.38. The number of hydrogen-bond acceptors (Lipinski definition) is 5. The predicted octanol–water partition coefficient (Wildman–Crippen LogP) is 1.11. The van der Waals surface area contributed by atoms with Gasteiger partial charge in [0, 0.05) is 19.6 Å². The van der Waals surface area contributed by atoms with E-state index in [1.54, 1.807) is 0 Å². The summed E-state index contributed by atoms with van der Waals surface area (Å²) >= 11 is 1.28. The van der Waals surface area contributed by atoms with E-state index in [1.807, 2.05) is 6.20 Å². The molecule has 1 aliphatic rings. The zero-order valence-corrected chi connectivity index (χ0v) is 9.80. The summed E-state index contributed by atoms with van der Waals surface area (Å²) in [6.07, 6.45) is 5.99. The van der Waals surface area contributed by atoms with E-state index >= 15 is 0 Å². The maximum absolute atomic E-state index is 4.16. The van der Waals surface area contributed by atoms with Gasteiger partial charge in [0.05, 0.1) is 23.6 Å².